The minimum Gasteiger partial charge on any atom is -0.382 e. The molecule has 2 aromatic heterocycles. The SMILES string of the molecule is Cc1cc(F)c(C(=O)N[C@@H]2CN(C(=O)[C@@](C)(O)C(F)(F)F)C[C@@H]2F)cc1-c1cc(C(F)(F)F)c2c(N)ncnn12. The monoisotopic (exact) mass is 580 g/mol. The number of hydrogen-bond donors (Lipinski definition) is 3. The molecule has 3 atom stereocenters. The highest BCUT2D eigenvalue weighted by molar-refractivity contribution is 5.96. The lowest BCUT2D eigenvalue weighted by Gasteiger charge is -2.29. The van der Waals surface area contributed by atoms with E-state index in [0.717, 1.165) is 23.0 Å². The van der Waals surface area contributed by atoms with Crippen LogP contribution in [0.4, 0.5) is 40.9 Å². The number of nitrogens with two attached hydrogens (primary N) is 1. The number of hydrogen-bond acceptors (Lipinski definition) is 6. The number of aryl methyl sites for hydroxylation is 1. The van der Waals surface area contributed by atoms with Crippen molar-refractivity contribution < 1.29 is 49.8 Å². The third kappa shape index (κ3) is 4.89. The minimum atomic E-state index is -5.36. The maximum Gasteiger partial charge on any atom is 0.426 e. The summed E-state index contributed by atoms with van der Waals surface area (Å²) < 4.78 is 110. The van der Waals surface area contributed by atoms with Crippen LogP contribution in [0.3, 0.4) is 0 Å². The first kappa shape index (κ1) is 29.0. The van der Waals surface area contributed by atoms with Crippen molar-refractivity contribution in [1.82, 2.24) is 24.8 Å². The zero-order chi connectivity index (χ0) is 29.9. The lowest BCUT2D eigenvalue weighted by Crippen LogP contribution is -2.56. The van der Waals surface area contributed by atoms with Crippen molar-refractivity contribution >= 4 is 23.1 Å². The molecule has 2 amide bonds. The van der Waals surface area contributed by atoms with Crippen molar-refractivity contribution in [1.29, 1.82) is 0 Å². The Kier molecular flexibility index (Phi) is 6.93. The van der Waals surface area contributed by atoms with Crippen LogP contribution in [0.15, 0.2) is 24.5 Å². The van der Waals surface area contributed by atoms with Crippen LogP contribution in [-0.2, 0) is 11.0 Å². The van der Waals surface area contributed by atoms with Crippen LogP contribution in [0.25, 0.3) is 16.8 Å². The zero-order valence-corrected chi connectivity index (χ0v) is 20.5. The Balaban J connectivity index is 1.66. The summed E-state index contributed by atoms with van der Waals surface area (Å²) in [7, 11) is 0. The number of anilines is 1. The van der Waals surface area contributed by atoms with E-state index in [0.29, 0.717) is 11.0 Å². The highest BCUT2D eigenvalue weighted by Crippen LogP contribution is 2.40. The van der Waals surface area contributed by atoms with Crippen molar-refractivity contribution in [3.05, 3.63) is 47.0 Å². The lowest BCUT2D eigenvalue weighted by atomic mass is 10.0. The van der Waals surface area contributed by atoms with Crippen LogP contribution < -0.4 is 11.1 Å². The molecule has 216 valence electrons. The summed E-state index contributed by atoms with van der Waals surface area (Å²) >= 11 is 0. The van der Waals surface area contributed by atoms with Crippen molar-refractivity contribution in [2.75, 3.05) is 18.8 Å². The van der Waals surface area contributed by atoms with E-state index in [1.165, 1.54) is 6.92 Å². The number of nitrogen functional groups attached to an aromatic ring is 1. The highest BCUT2D eigenvalue weighted by atomic mass is 19.4. The number of amides is 2. The van der Waals surface area contributed by atoms with E-state index in [2.05, 4.69) is 15.4 Å². The molecule has 4 N–H and O–H groups in total. The Morgan fingerprint density at radius 2 is 1.77 bits per heavy atom. The molecule has 9 nitrogen and oxygen atoms in total. The van der Waals surface area contributed by atoms with Gasteiger partial charge in [0.2, 0.25) is 5.60 Å². The Bertz CT molecular complexity index is 1500. The molecule has 1 aromatic carbocycles. The Morgan fingerprint density at radius 1 is 1.12 bits per heavy atom. The Hall–Kier alpha value is -4.02. The number of carbonyl (C=O) groups is 2. The van der Waals surface area contributed by atoms with Gasteiger partial charge in [-0.3, -0.25) is 9.59 Å². The third-order valence-corrected chi connectivity index (χ3v) is 6.54. The summed E-state index contributed by atoms with van der Waals surface area (Å²) in [6.07, 6.45) is -11.4. The van der Waals surface area contributed by atoms with Gasteiger partial charge in [-0.2, -0.15) is 31.4 Å². The second kappa shape index (κ2) is 9.57. The molecule has 1 aliphatic rings. The normalized spacial score (nSPS) is 19.6. The summed E-state index contributed by atoms with van der Waals surface area (Å²) in [6, 6.07) is 0.856. The molecule has 0 spiro atoms. The maximum atomic E-state index is 14.8. The summed E-state index contributed by atoms with van der Waals surface area (Å²) in [6.45, 7) is -0.116. The van der Waals surface area contributed by atoms with Crippen molar-refractivity contribution in [2.45, 2.75) is 44.0 Å². The summed E-state index contributed by atoms with van der Waals surface area (Å²) in [4.78, 5) is 29.0. The van der Waals surface area contributed by atoms with Crippen molar-refractivity contribution in [3.8, 4) is 11.3 Å². The molecular weight excluding hydrogens is 560 g/mol. The van der Waals surface area contributed by atoms with Gasteiger partial charge >= 0.3 is 12.4 Å². The number of halogens is 8. The van der Waals surface area contributed by atoms with Crippen LogP contribution in [0.1, 0.15) is 28.4 Å². The summed E-state index contributed by atoms with van der Waals surface area (Å²) in [5.74, 6) is -4.73. The Morgan fingerprint density at radius 3 is 2.38 bits per heavy atom. The van der Waals surface area contributed by atoms with Crippen LogP contribution in [0.2, 0.25) is 0 Å². The fourth-order valence-electron chi connectivity index (χ4n) is 4.34. The molecule has 40 heavy (non-hydrogen) atoms. The van der Waals surface area contributed by atoms with Crippen LogP contribution in [-0.4, -0.2) is 73.5 Å². The first-order valence-electron chi connectivity index (χ1n) is 11.4. The first-order chi connectivity index (χ1) is 18.3. The van der Waals surface area contributed by atoms with E-state index in [1.54, 1.807) is 0 Å². The van der Waals surface area contributed by atoms with Gasteiger partial charge in [0, 0.05) is 12.1 Å². The number of carbonyl (C=O) groups excluding carboxylic acids is 2. The average molecular weight is 580 g/mol. The molecule has 0 aliphatic carbocycles. The lowest BCUT2D eigenvalue weighted by molar-refractivity contribution is -0.249. The molecule has 0 radical (unpaired) electrons. The number of aliphatic hydroxyl groups is 1. The smallest absolute Gasteiger partial charge is 0.382 e. The van der Waals surface area contributed by atoms with Gasteiger partial charge in [0.25, 0.3) is 11.8 Å². The molecule has 3 heterocycles. The van der Waals surface area contributed by atoms with Crippen molar-refractivity contribution in [2.24, 2.45) is 0 Å². The molecule has 1 aliphatic heterocycles. The van der Waals surface area contributed by atoms with E-state index in [1.807, 2.05) is 0 Å². The molecule has 0 saturated carbocycles. The summed E-state index contributed by atoms with van der Waals surface area (Å²) in [5.41, 5.74) is -0.885. The zero-order valence-electron chi connectivity index (χ0n) is 20.5. The molecule has 17 heteroatoms. The minimum absolute atomic E-state index is 0.0728. The van der Waals surface area contributed by atoms with Gasteiger partial charge in [-0.1, -0.05) is 0 Å². The fourth-order valence-corrected chi connectivity index (χ4v) is 4.34. The molecular formula is C23H20F8N6O3. The van der Waals surface area contributed by atoms with Gasteiger partial charge in [-0.25, -0.2) is 18.3 Å². The number of likely N-dealkylation sites (tertiary alicyclic amines) is 1. The topological polar surface area (TPSA) is 126 Å². The first-order valence-corrected chi connectivity index (χ1v) is 11.4. The van der Waals surface area contributed by atoms with Crippen molar-refractivity contribution in [3.63, 3.8) is 0 Å². The van der Waals surface area contributed by atoms with Gasteiger partial charge in [-0.15, -0.1) is 0 Å². The van der Waals surface area contributed by atoms with Crippen LogP contribution in [0, 0.1) is 12.7 Å². The number of rotatable bonds is 4. The standard InChI is InChI=1S/C23H20F8N6O3/c1-9-3-13(24)11(4-10(9)16-5-12(22(26,27)28)17-18(32)33-8-34-37(16)17)19(38)35-15-7-36(6-14(15)25)20(39)21(2,40)23(29,30)31/h3-5,8,14-15,40H,6-7H2,1-2H3,(H,35,38)(H2,32,33,34)/t14-,15+,21+/m0/s1. The van der Waals surface area contributed by atoms with Gasteiger partial charge in [0.05, 0.1) is 29.4 Å². The fraction of sp³-hybridized carbons (Fsp3) is 0.391. The predicted molar refractivity (Wildman–Crippen MR) is 122 cm³/mol. The number of nitrogens with zero attached hydrogens (tertiary/aromatic N) is 4. The van der Waals surface area contributed by atoms with E-state index >= 15 is 0 Å². The molecule has 0 bridgehead atoms. The molecule has 4 rings (SSSR count). The third-order valence-electron chi connectivity index (χ3n) is 6.54. The van der Waals surface area contributed by atoms with Crippen LogP contribution >= 0.6 is 0 Å². The highest BCUT2D eigenvalue weighted by Gasteiger charge is 2.58. The van der Waals surface area contributed by atoms with E-state index < -0.39 is 83.3 Å². The van der Waals surface area contributed by atoms with Gasteiger partial charge in [0.1, 0.15) is 23.8 Å². The second-order valence-corrected chi connectivity index (χ2v) is 9.37. The quantitative estimate of drug-likeness (QED) is 0.408. The van der Waals surface area contributed by atoms with Gasteiger partial charge in [0.15, 0.2) is 5.82 Å². The largest absolute Gasteiger partial charge is 0.426 e. The Labute approximate surface area is 219 Å². The number of benzene rings is 1. The van der Waals surface area contributed by atoms with Gasteiger partial charge < -0.3 is 21.1 Å². The number of nitrogens with one attached hydrogen (secondary N) is 1. The molecule has 1 fully saturated rings. The summed E-state index contributed by atoms with van der Waals surface area (Å²) in [5, 5.41) is 15.5. The average Bonchev–Trinajstić information content (AvgIpc) is 3.39. The van der Waals surface area contributed by atoms with E-state index in [4.69, 9.17) is 5.73 Å². The number of fused-ring (bicyclic) bond motifs is 1. The second-order valence-electron chi connectivity index (χ2n) is 9.37. The molecule has 0 unspecified atom stereocenters. The number of aromatic nitrogens is 3. The van der Waals surface area contributed by atoms with E-state index in [-0.39, 0.29) is 23.7 Å². The van der Waals surface area contributed by atoms with Gasteiger partial charge in [-0.05, 0) is 37.6 Å². The predicted octanol–water partition coefficient (Wildman–Crippen LogP) is 3.04. The molecule has 1 saturated heterocycles. The number of alkyl halides is 7. The maximum absolute atomic E-state index is 14.8. The molecule has 3 aromatic rings. The van der Waals surface area contributed by atoms with Crippen LogP contribution in [0.5, 0.6) is 0 Å². The van der Waals surface area contributed by atoms with E-state index in [9.17, 15) is 49.8 Å².